The number of H-pyrrole nitrogens is 1. The summed E-state index contributed by atoms with van der Waals surface area (Å²) in [5.41, 5.74) is 5.52. The predicted octanol–water partition coefficient (Wildman–Crippen LogP) is 4.56. The molecule has 2 aliphatic heterocycles. The van der Waals surface area contributed by atoms with Crippen molar-refractivity contribution in [2.75, 3.05) is 34.8 Å². The molecule has 0 saturated carbocycles. The van der Waals surface area contributed by atoms with Crippen LogP contribution in [0.4, 0.5) is 23.1 Å². The lowest BCUT2D eigenvalue weighted by Crippen LogP contribution is -2.36. The summed E-state index contributed by atoms with van der Waals surface area (Å²) in [7, 11) is 0. The van der Waals surface area contributed by atoms with E-state index in [1.54, 1.807) is 0 Å². The number of hydrogen-bond donors (Lipinski definition) is 2. The van der Waals surface area contributed by atoms with Crippen molar-refractivity contribution >= 4 is 40.1 Å². The summed E-state index contributed by atoms with van der Waals surface area (Å²) in [4.78, 5) is 30.2. The molecule has 2 N–H and O–H groups in total. The second-order valence-electron chi connectivity index (χ2n) is 9.27. The molecule has 7 heteroatoms. The van der Waals surface area contributed by atoms with Gasteiger partial charge >= 0.3 is 0 Å². The quantitative estimate of drug-likeness (QED) is 0.649. The van der Waals surface area contributed by atoms with Crippen LogP contribution in [0.1, 0.15) is 50.4 Å². The van der Waals surface area contributed by atoms with E-state index in [1.807, 2.05) is 32.6 Å². The Labute approximate surface area is 182 Å². The van der Waals surface area contributed by atoms with Crippen LogP contribution >= 0.6 is 0 Å². The van der Waals surface area contributed by atoms with E-state index in [-0.39, 0.29) is 5.91 Å². The Balaban J connectivity index is 1.60. The average molecular weight is 419 g/mol. The van der Waals surface area contributed by atoms with Gasteiger partial charge in [0.1, 0.15) is 11.5 Å². The van der Waals surface area contributed by atoms with Crippen molar-refractivity contribution in [2.45, 2.75) is 52.9 Å². The first kappa shape index (κ1) is 19.8. The highest BCUT2D eigenvalue weighted by Crippen LogP contribution is 2.45. The third-order valence-electron chi connectivity index (χ3n) is 6.60. The zero-order valence-corrected chi connectivity index (χ0v) is 19.0. The molecule has 3 aromatic rings. The molecule has 2 aliphatic rings. The van der Waals surface area contributed by atoms with Crippen molar-refractivity contribution in [1.29, 1.82) is 0 Å². The minimum absolute atomic E-state index is 0.159. The number of benzene rings is 1. The first-order chi connectivity index (χ1) is 14.8. The number of likely N-dealkylation sites (N-methyl/N-ethyl adjacent to an activating group) is 1. The molecular formula is C24H30N6O. The zero-order valence-electron chi connectivity index (χ0n) is 19.0. The van der Waals surface area contributed by atoms with E-state index in [0.717, 1.165) is 64.1 Å². The summed E-state index contributed by atoms with van der Waals surface area (Å²) in [6.45, 7) is 12.8. The van der Waals surface area contributed by atoms with Crippen molar-refractivity contribution in [3.8, 4) is 0 Å². The van der Waals surface area contributed by atoms with Gasteiger partial charge in [-0.05, 0) is 76.8 Å². The maximum atomic E-state index is 13.0. The van der Waals surface area contributed by atoms with Crippen LogP contribution in [0.5, 0.6) is 0 Å². The fourth-order valence-corrected chi connectivity index (χ4v) is 4.96. The van der Waals surface area contributed by atoms with E-state index in [9.17, 15) is 4.79 Å². The SMILES string of the molecule is CCN1C(=O)C(C)(C)c2cc(Nc3nc(N4CCCC4)nc4[nH]c(C)cc34)cc(C)c21. The number of anilines is 4. The number of carbonyl (C=O) groups excluding carboxylic acids is 1. The smallest absolute Gasteiger partial charge is 0.237 e. The Morgan fingerprint density at radius 3 is 2.58 bits per heavy atom. The maximum Gasteiger partial charge on any atom is 0.237 e. The average Bonchev–Trinajstić information content (AvgIpc) is 3.41. The van der Waals surface area contributed by atoms with Gasteiger partial charge in [0.2, 0.25) is 11.9 Å². The number of aromatic amines is 1. The Morgan fingerprint density at radius 2 is 1.87 bits per heavy atom. The van der Waals surface area contributed by atoms with Gasteiger partial charge in [-0.25, -0.2) is 0 Å². The summed E-state index contributed by atoms with van der Waals surface area (Å²) in [6, 6.07) is 6.30. The molecule has 1 saturated heterocycles. The molecule has 0 spiro atoms. The van der Waals surface area contributed by atoms with E-state index in [2.05, 4.69) is 40.3 Å². The maximum absolute atomic E-state index is 13.0. The molecule has 7 nitrogen and oxygen atoms in total. The molecule has 0 unspecified atom stereocenters. The fraction of sp³-hybridized carbons (Fsp3) is 0.458. The van der Waals surface area contributed by atoms with Crippen LogP contribution < -0.4 is 15.1 Å². The van der Waals surface area contributed by atoms with E-state index in [1.165, 1.54) is 12.8 Å². The van der Waals surface area contributed by atoms with Crippen LogP contribution in [0.2, 0.25) is 0 Å². The number of hydrogen-bond acceptors (Lipinski definition) is 5. The van der Waals surface area contributed by atoms with E-state index in [0.29, 0.717) is 6.54 Å². The summed E-state index contributed by atoms with van der Waals surface area (Å²) in [5.74, 6) is 1.72. The lowest BCUT2D eigenvalue weighted by atomic mass is 9.85. The van der Waals surface area contributed by atoms with Crippen LogP contribution in [0.15, 0.2) is 18.2 Å². The van der Waals surface area contributed by atoms with Crippen LogP contribution in [0, 0.1) is 13.8 Å². The molecule has 0 bridgehead atoms. The van der Waals surface area contributed by atoms with Crippen LogP contribution in [-0.2, 0) is 10.2 Å². The molecule has 1 fully saturated rings. The van der Waals surface area contributed by atoms with Gasteiger partial charge in [-0.2, -0.15) is 9.97 Å². The van der Waals surface area contributed by atoms with Crippen molar-refractivity contribution in [3.63, 3.8) is 0 Å². The van der Waals surface area contributed by atoms with Gasteiger partial charge < -0.3 is 20.1 Å². The zero-order chi connectivity index (χ0) is 21.9. The molecule has 2 aromatic heterocycles. The molecule has 0 aliphatic carbocycles. The Kier molecular flexibility index (Phi) is 4.46. The molecule has 1 amide bonds. The summed E-state index contributed by atoms with van der Waals surface area (Å²) < 4.78 is 0. The lowest BCUT2D eigenvalue weighted by molar-refractivity contribution is -0.122. The van der Waals surface area contributed by atoms with Gasteiger partial charge in [-0.3, -0.25) is 4.79 Å². The number of nitrogens with one attached hydrogen (secondary N) is 2. The molecule has 5 rings (SSSR count). The first-order valence-electron chi connectivity index (χ1n) is 11.2. The largest absolute Gasteiger partial charge is 0.343 e. The van der Waals surface area contributed by atoms with Crippen molar-refractivity contribution in [1.82, 2.24) is 15.0 Å². The topological polar surface area (TPSA) is 77.2 Å². The molecule has 31 heavy (non-hydrogen) atoms. The van der Waals surface area contributed by atoms with Gasteiger partial charge in [-0.15, -0.1) is 0 Å². The van der Waals surface area contributed by atoms with Gasteiger partial charge in [0.15, 0.2) is 0 Å². The highest BCUT2D eigenvalue weighted by atomic mass is 16.2. The third-order valence-corrected chi connectivity index (χ3v) is 6.60. The number of nitrogens with zero attached hydrogens (tertiary/aromatic N) is 4. The van der Waals surface area contributed by atoms with E-state index >= 15 is 0 Å². The van der Waals surface area contributed by atoms with Gasteiger partial charge in [0.05, 0.1) is 16.5 Å². The van der Waals surface area contributed by atoms with Crippen LogP contribution in [-0.4, -0.2) is 40.5 Å². The molecular weight excluding hydrogens is 388 g/mol. The third kappa shape index (κ3) is 3.06. The Bertz CT molecular complexity index is 1190. The van der Waals surface area contributed by atoms with Crippen LogP contribution in [0.25, 0.3) is 11.0 Å². The van der Waals surface area contributed by atoms with Crippen molar-refractivity contribution in [2.24, 2.45) is 0 Å². The normalized spacial score (nSPS) is 17.6. The van der Waals surface area contributed by atoms with Gasteiger partial charge in [-0.1, -0.05) is 0 Å². The number of amides is 1. The van der Waals surface area contributed by atoms with Gasteiger partial charge in [0.25, 0.3) is 0 Å². The number of aromatic nitrogens is 3. The van der Waals surface area contributed by atoms with Crippen LogP contribution in [0.3, 0.4) is 0 Å². The minimum atomic E-state index is -0.541. The molecule has 162 valence electrons. The fourth-order valence-electron chi connectivity index (χ4n) is 4.96. The summed E-state index contributed by atoms with van der Waals surface area (Å²) in [6.07, 6.45) is 2.35. The highest BCUT2D eigenvalue weighted by molar-refractivity contribution is 6.08. The van der Waals surface area contributed by atoms with Crippen molar-refractivity contribution in [3.05, 3.63) is 35.0 Å². The first-order valence-corrected chi connectivity index (χ1v) is 11.2. The monoisotopic (exact) mass is 418 g/mol. The lowest BCUT2D eigenvalue weighted by Gasteiger charge is -2.19. The van der Waals surface area contributed by atoms with Crippen molar-refractivity contribution < 1.29 is 4.79 Å². The second kappa shape index (κ2) is 6.97. The van der Waals surface area contributed by atoms with E-state index < -0.39 is 5.41 Å². The molecule has 4 heterocycles. The second-order valence-corrected chi connectivity index (χ2v) is 9.27. The molecule has 1 aromatic carbocycles. The highest BCUT2D eigenvalue weighted by Gasteiger charge is 2.44. The number of fused-ring (bicyclic) bond motifs is 2. The summed E-state index contributed by atoms with van der Waals surface area (Å²) in [5, 5.41) is 4.53. The number of carbonyl (C=O) groups is 1. The van der Waals surface area contributed by atoms with E-state index in [4.69, 9.17) is 9.97 Å². The Morgan fingerprint density at radius 1 is 1.13 bits per heavy atom. The van der Waals surface area contributed by atoms with Gasteiger partial charge in [0, 0.05) is 31.0 Å². The molecule has 0 atom stereocenters. The summed E-state index contributed by atoms with van der Waals surface area (Å²) >= 11 is 0. The predicted molar refractivity (Wildman–Crippen MR) is 126 cm³/mol. The standard InChI is InChI=1S/C24H30N6O/c1-6-30-19-14(2)11-16(13-18(19)24(4,5)22(30)31)26-21-17-12-15(3)25-20(17)27-23(28-21)29-9-7-8-10-29/h11-13H,6-10H2,1-5H3,(H2,25,26,27,28). The number of aryl methyl sites for hydroxylation is 2. The Hall–Kier alpha value is -3.09. The molecule has 0 radical (unpaired) electrons. The minimum Gasteiger partial charge on any atom is -0.343 e. The number of rotatable bonds is 4.